The molecule has 4 nitrogen and oxygen atoms in total. The number of likely N-dealkylation sites (N-methyl/N-ethyl adjacent to an activating group) is 1. The van der Waals surface area contributed by atoms with Crippen LogP contribution in [-0.4, -0.2) is 24.5 Å². The van der Waals surface area contributed by atoms with Gasteiger partial charge in [-0.3, -0.25) is 4.79 Å². The van der Waals surface area contributed by atoms with Gasteiger partial charge in [-0.05, 0) is 27.8 Å². The lowest BCUT2D eigenvalue weighted by Gasteiger charge is -2.23. The summed E-state index contributed by atoms with van der Waals surface area (Å²) in [5.74, 6) is -0.0182. The van der Waals surface area contributed by atoms with Crippen molar-refractivity contribution in [1.82, 2.24) is 15.6 Å². The van der Waals surface area contributed by atoms with Crippen LogP contribution < -0.4 is 10.6 Å². The van der Waals surface area contributed by atoms with Gasteiger partial charge in [-0.25, -0.2) is 4.98 Å². The monoisotopic (exact) mass is 299 g/mol. The fourth-order valence-electron chi connectivity index (χ4n) is 1.25. The smallest absolute Gasteiger partial charge is 0.234 e. The van der Waals surface area contributed by atoms with E-state index in [1.54, 1.807) is 18.4 Å². The molecule has 0 fully saturated rings. The van der Waals surface area contributed by atoms with Crippen molar-refractivity contribution in [1.29, 1.82) is 0 Å². The molecule has 17 heavy (non-hydrogen) atoms. The molecule has 0 atom stereocenters. The maximum atomic E-state index is 11.4. The molecule has 7 heteroatoms. The van der Waals surface area contributed by atoms with E-state index in [0.29, 0.717) is 6.54 Å². The van der Waals surface area contributed by atoms with Crippen LogP contribution in [0.5, 0.6) is 0 Å². The van der Waals surface area contributed by atoms with Gasteiger partial charge >= 0.3 is 0 Å². The second-order valence-corrected chi connectivity index (χ2v) is 4.86. The number of thiazole rings is 1. The Kier molecular flexibility index (Phi) is 8.79. The highest BCUT2D eigenvalue weighted by molar-refractivity contribution is 7.09. The first-order valence-electron chi connectivity index (χ1n) is 4.84. The standard InChI is InChI=1S/C10H17N3OS.2ClH/c1-7-6-15-9(12-7)10(2,3)13-8(14)5-11-4;;/h6,11H,5H2,1-4H3,(H,13,14);2*1H. The molecule has 0 saturated carbocycles. The molecule has 1 aromatic rings. The van der Waals surface area contributed by atoms with Crippen molar-refractivity contribution >= 4 is 42.1 Å². The van der Waals surface area contributed by atoms with Crippen LogP contribution in [0.3, 0.4) is 0 Å². The van der Waals surface area contributed by atoms with Crippen LogP contribution in [0.1, 0.15) is 24.5 Å². The fourth-order valence-corrected chi connectivity index (χ4v) is 2.13. The third-order valence-electron chi connectivity index (χ3n) is 1.94. The van der Waals surface area contributed by atoms with E-state index >= 15 is 0 Å². The average molecular weight is 300 g/mol. The molecule has 1 amide bonds. The van der Waals surface area contributed by atoms with Crippen molar-refractivity contribution in [2.24, 2.45) is 0 Å². The van der Waals surface area contributed by atoms with Crippen molar-refractivity contribution in [2.75, 3.05) is 13.6 Å². The minimum Gasteiger partial charge on any atom is -0.344 e. The van der Waals surface area contributed by atoms with Gasteiger partial charge in [0.25, 0.3) is 0 Å². The van der Waals surface area contributed by atoms with E-state index in [1.165, 1.54) is 0 Å². The van der Waals surface area contributed by atoms with Crippen LogP contribution in [0.15, 0.2) is 5.38 Å². The highest BCUT2D eigenvalue weighted by Gasteiger charge is 2.25. The molecular formula is C10H19Cl2N3OS. The number of amides is 1. The van der Waals surface area contributed by atoms with E-state index in [4.69, 9.17) is 0 Å². The zero-order valence-corrected chi connectivity index (χ0v) is 12.8. The van der Waals surface area contributed by atoms with Gasteiger partial charge in [0.2, 0.25) is 5.91 Å². The SMILES string of the molecule is CNCC(=O)NC(C)(C)c1nc(C)cs1.Cl.Cl. The molecule has 0 radical (unpaired) electrons. The van der Waals surface area contributed by atoms with Gasteiger partial charge in [-0.15, -0.1) is 36.2 Å². The Balaban J connectivity index is 0. The zero-order chi connectivity index (χ0) is 11.5. The Hall–Kier alpha value is -0.360. The summed E-state index contributed by atoms with van der Waals surface area (Å²) in [7, 11) is 1.75. The maximum Gasteiger partial charge on any atom is 0.234 e. The quantitative estimate of drug-likeness (QED) is 0.892. The third-order valence-corrected chi connectivity index (χ3v) is 3.23. The number of hydrogen-bond donors (Lipinski definition) is 2. The molecule has 0 saturated heterocycles. The molecule has 0 bridgehead atoms. The lowest BCUT2D eigenvalue weighted by Crippen LogP contribution is -2.44. The highest BCUT2D eigenvalue weighted by atomic mass is 35.5. The van der Waals surface area contributed by atoms with E-state index in [9.17, 15) is 4.79 Å². The summed E-state index contributed by atoms with van der Waals surface area (Å²) in [6.07, 6.45) is 0. The fraction of sp³-hybridized carbons (Fsp3) is 0.600. The first kappa shape index (κ1) is 19.0. The zero-order valence-electron chi connectivity index (χ0n) is 10.4. The summed E-state index contributed by atoms with van der Waals surface area (Å²) in [5, 5.41) is 8.67. The molecule has 2 N–H and O–H groups in total. The molecular weight excluding hydrogens is 281 g/mol. The predicted octanol–water partition coefficient (Wildman–Crippen LogP) is 1.87. The topological polar surface area (TPSA) is 54.0 Å². The molecule has 100 valence electrons. The Morgan fingerprint density at radius 1 is 1.47 bits per heavy atom. The van der Waals surface area contributed by atoms with Gasteiger partial charge in [0.15, 0.2) is 0 Å². The Bertz CT molecular complexity index is 355. The highest BCUT2D eigenvalue weighted by Crippen LogP contribution is 2.23. The first-order valence-corrected chi connectivity index (χ1v) is 5.72. The number of nitrogens with one attached hydrogen (secondary N) is 2. The normalized spacial score (nSPS) is 10.1. The van der Waals surface area contributed by atoms with E-state index in [-0.39, 0.29) is 30.7 Å². The molecule has 0 aliphatic carbocycles. The Morgan fingerprint density at radius 2 is 2.06 bits per heavy atom. The van der Waals surface area contributed by atoms with E-state index in [0.717, 1.165) is 10.7 Å². The van der Waals surface area contributed by atoms with Crippen molar-refractivity contribution in [3.05, 3.63) is 16.1 Å². The Labute approximate surface area is 118 Å². The number of hydrogen-bond acceptors (Lipinski definition) is 4. The van der Waals surface area contributed by atoms with Gasteiger partial charge in [0.05, 0.1) is 12.1 Å². The summed E-state index contributed by atoms with van der Waals surface area (Å²) in [6.45, 7) is 6.19. The van der Waals surface area contributed by atoms with Crippen molar-refractivity contribution < 1.29 is 4.79 Å². The number of carbonyl (C=O) groups is 1. The number of halogens is 2. The molecule has 1 rings (SSSR count). The first-order chi connectivity index (χ1) is 6.95. The van der Waals surface area contributed by atoms with E-state index < -0.39 is 5.54 Å². The van der Waals surface area contributed by atoms with Crippen LogP contribution in [-0.2, 0) is 10.3 Å². The van der Waals surface area contributed by atoms with Gasteiger partial charge in [-0.2, -0.15) is 0 Å². The van der Waals surface area contributed by atoms with E-state index in [2.05, 4.69) is 15.6 Å². The summed E-state index contributed by atoms with van der Waals surface area (Å²) < 4.78 is 0. The number of carbonyl (C=O) groups excluding carboxylic acids is 1. The molecule has 0 unspecified atom stereocenters. The molecule has 0 spiro atoms. The van der Waals surface area contributed by atoms with Crippen molar-refractivity contribution in [3.63, 3.8) is 0 Å². The summed E-state index contributed by atoms with van der Waals surface area (Å²) in [4.78, 5) is 15.8. The van der Waals surface area contributed by atoms with Gasteiger partial charge < -0.3 is 10.6 Å². The van der Waals surface area contributed by atoms with Crippen molar-refractivity contribution in [3.8, 4) is 0 Å². The number of aromatic nitrogens is 1. The summed E-state index contributed by atoms with van der Waals surface area (Å²) in [6, 6.07) is 0. The minimum absolute atomic E-state index is 0. The number of rotatable bonds is 4. The van der Waals surface area contributed by atoms with Gasteiger partial charge in [-0.1, -0.05) is 0 Å². The van der Waals surface area contributed by atoms with Crippen molar-refractivity contribution in [2.45, 2.75) is 26.3 Å². The Morgan fingerprint density at radius 3 is 2.47 bits per heavy atom. The summed E-state index contributed by atoms with van der Waals surface area (Å²) in [5.41, 5.74) is 0.596. The maximum absolute atomic E-state index is 11.4. The van der Waals surface area contributed by atoms with Gasteiger partial charge in [0.1, 0.15) is 5.01 Å². The second kappa shape index (κ2) is 7.87. The molecule has 1 heterocycles. The lowest BCUT2D eigenvalue weighted by molar-refractivity contribution is -0.121. The number of nitrogens with zero attached hydrogens (tertiary/aromatic N) is 1. The second-order valence-electron chi connectivity index (χ2n) is 4.00. The third kappa shape index (κ3) is 5.68. The lowest BCUT2D eigenvalue weighted by atomic mass is 10.1. The van der Waals surface area contributed by atoms with Crippen LogP contribution >= 0.6 is 36.2 Å². The number of aryl methyl sites for hydroxylation is 1. The van der Waals surface area contributed by atoms with Crippen LogP contribution in [0.2, 0.25) is 0 Å². The molecule has 0 aliphatic rings. The van der Waals surface area contributed by atoms with E-state index in [1.807, 2.05) is 26.2 Å². The molecule has 0 aromatic carbocycles. The summed E-state index contributed by atoms with van der Waals surface area (Å²) >= 11 is 1.57. The van der Waals surface area contributed by atoms with Gasteiger partial charge in [0, 0.05) is 11.1 Å². The molecule has 1 aromatic heterocycles. The van der Waals surface area contributed by atoms with Crippen LogP contribution in [0.25, 0.3) is 0 Å². The predicted molar refractivity (Wildman–Crippen MR) is 76.4 cm³/mol. The average Bonchev–Trinajstić information content (AvgIpc) is 2.51. The largest absolute Gasteiger partial charge is 0.344 e. The minimum atomic E-state index is -0.396. The van der Waals surface area contributed by atoms with Crippen LogP contribution in [0.4, 0.5) is 0 Å². The van der Waals surface area contributed by atoms with Crippen LogP contribution in [0, 0.1) is 6.92 Å². The molecule has 0 aliphatic heterocycles.